The number of benzene rings is 1. The lowest BCUT2D eigenvalue weighted by Crippen LogP contribution is -2.38. The van der Waals surface area contributed by atoms with Gasteiger partial charge >= 0.3 is 0 Å². The van der Waals surface area contributed by atoms with Gasteiger partial charge in [-0.1, -0.05) is 44.2 Å². The van der Waals surface area contributed by atoms with Gasteiger partial charge < -0.3 is 16.0 Å². The molecule has 0 bridgehead atoms. The van der Waals surface area contributed by atoms with Gasteiger partial charge in [0.15, 0.2) is 5.96 Å². The lowest BCUT2D eigenvalue weighted by molar-refractivity contribution is -0.119. The number of carbonyl (C=O) groups excluding carboxylic acids is 1. The molecule has 0 aliphatic carbocycles. The van der Waals surface area contributed by atoms with Crippen LogP contribution in [0.4, 0.5) is 0 Å². The number of hydrogen-bond acceptors (Lipinski definition) is 4. The monoisotopic (exact) mass is 515 g/mol. The Morgan fingerprint density at radius 3 is 2.57 bits per heavy atom. The molecule has 6 nitrogen and oxygen atoms in total. The van der Waals surface area contributed by atoms with E-state index in [1.54, 1.807) is 11.3 Å². The molecule has 0 unspecified atom stereocenters. The van der Waals surface area contributed by atoms with E-state index in [1.807, 2.05) is 25.1 Å². The predicted octanol–water partition coefficient (Wildman–Crippen LogP) is 3.30. The molecule has 0 aliphatic rings. The van der Waals surface area contributed by atoms with Crippen LogP contribution in [-0.2, 0) is 17.8 Å². The normalized spacial score (nSPS) is 11.1. The minimum absolute atomic E-state index is 0. The van der Waals surface area contributed by atoms with Gasteiger partial charge in [-0.2, -0.15) is 0 Å². The van der Waals surface area contributed by atoms with Gasteiger partial charge in [-0.15, -0.1) is 35.3 Å². The van der Waals surface area contributed by atoms with E-state index < -0.39 is 0 Å². The number of aromatic nitrogens is 1. The Morgan fingerprint density at radius 1 is 1.18 bits per heavy atom. The smallest absolute Gasteiger partial charge is 0.241 e. The van der Waals surface area contributed by atoms with Crippen LogP contribution < -0.4 is 16.0 Å². The highest BCUT2D eigenvalue weighted by atomic mass is 127. The SMILES string of the molecule is CCNC(=NCC(=O)NCCc1ccccc1)NCc1nc(C(C)C)cs1.I. The van der Waals surface area contributed by atoms with Gasteiger partial charge in [0.05, 0.1) is 12.2 Å². The Morgan fingerprint density at radius 2 is 1.93 bits per heavy atom. The fraction of sp³-hybridized carbons (Fsp3) is 0.450. The fourth-order valence-corrected chi connectivity index (χ4v) is 3.27. The number of halogens is 1. The summed E-state index contributed by atoms with van der Waals surface area (Å²) >= 11 is 1.64. The summed E-state index contributed by atoms with van der Waals surface area (Å²) < 4.78 is 0. The molecule has 1 amide bonds. The van der Waals surface area contributed by atoms with Gasteiger partial charge in [0.2, 0.25) is 5.91 Å². The Labute approximate surface area is 188 Å². The third-order valence-corrected chi connectivity index (χ3v) is 4.74. The number of amides is 1. The van der Waals surface area contributed by atoms with Crippen molar-refractivity contribution in [2.75, 3.05) is 19.6 Å². The molecule has 0 aliphatic heterocycles. The molecule has 0 radical (unpaired) electrons. The first-order valence-electron chi connectivity index (χ1n) is 9.35. The maximum absolute atomic E-state index is 12.0. The van der Waals surface area contributed by atoms with Crippen molar-refractivity contribution in [3.05, 3.63) is 52.0 Å². The summed E-state index contributed by atoms with van der Waals surface area (Å²) in [5.74, 6) is 0.966. The maximum atomic E-state index is 12.0. The first kappa shape index (κ1) is 24.4. The zero-order chi connectivity index (χ0) is 19.5. The Kier molecular flexibility index (Phi) is 11.7. The average Bonchev–Trinajstić information content (AvgIpc) is 3.14. The maximum Gasteiger partial charge on any atom is 0.241 e. The molecule has 28 heavy (non-hydrogen) atoms. The van der Waals surface area contributed by atoms with Crippen molar-refractivity contribution in [3.63, 3.8) is 0 Å². The summed E-state index contributed by atoms with van der Waals surface area (Å²) in [6.45, 7) is 8.30. The van der Waals surface area contributed by atoms with Crippen LogP contribution in [0.3, 0.4) is 0 Å². The van der Waals surface area contributed by atoms with E-state index in [9.17, 15) is 4.79 Å². The van der Waals surface area contributed by atoms with Crippen LogP contribution in [0.2, 0.25) is 0 Å². The molecule has 0 spiro atoms. The molecule has 1 aromatic heterocycles. The quantitative estimate of drug-likeness (QED) is 0.272. The Hall–Kier alpha value is -1.68. The van der Waals surface area contributed by atoms with E-state index >= 15 is 0 Å². The van der Waals surface area contributed by atoms with Crippen LogP contribution in [0.25, 0.3) is 0 Å². The summed E-state index contributed by atoms with van der Waals surface area (Å²) in [4.78, 5) is 21.0. The summed E-state index contributed by atoms with van der Waals surface area (Å²) in [5, 5.41) is 12.4. The van der Waals surface area contributed by atoms with Gasteiger partial charge in [0.25, 0.3) is 0 Å². The highest BCUT2D eigenvalue weighted by Gasteiger charge is 2.07. The van der Waals surface area contributed by atoms with Crippen LogP contribution in [0, 0.1) is 0 Å². The van der Waals surface area contributed by atoms with Crippen molar-refractivity contribution in [1.82, 2.24) is 20.9 Å². The molecule has 1 aromatic carbocycles. The number of rotatable bonds is 9. The highest BCUT2D eigenvalue weighted by molar-refractivity contribution is 14.0. The second-order valence-corrected chi connectivity index (χ2v) is 7.40. The van der Waals surface area contributed by atoms with Gasteiger partial charge in [-0.05, 0) is 24.8 Å². The average molecular weight is 515 g/mol. The highest BCUT2D eigenvalue weighted by Crippen LogP contribution is 2.17. The van der Waals surface area contributed by atoms with E-state index in [0.29, 0.717) is 25.0 Å². The largest absolute Gasteiger partial charge is 0.357 e. The van der Waals surface area contributed by atoms with E-state index in [2.05, 4.69) is 57.3 Å². The van der Waals surface area contributed by atoms with Gasteiger partial charge in [0, 0.05) is 18.5 Å². The standard InChI is InChI=1S/C20H29N5OS.HI/c1-4-21-20(24-13-19-25-17(14-27-19)15(2)3)23-12-18(26)22-11-10-16-8-6-5-7-9-16;/h5-9,14-15H,4,10-13H2,1-3H3,(H,22,26)(H2,21,23,24);1H. The number of thiazole rings is 1. The number of aliphatic imine (C=N–C) groups is 1. The summed E-state index contributed by atoms with van der Waals surface area (Å²) in [6, 6.07) is 10.1. The fourth-order valence-electron chi connectivity index (χ4n) is 2.37. The van der Waals surface area contributed by atoms with Crippen molar-refractivity contribution in [3.8, 4) is 0 Å². The molecule has 2 aromatic rings. The van der Waals surface area contributed by atoms with E-state index in [-0.39, 0.29) is 36.4 Å². The number of hydrogen-bond donors (Lipinski definition) is 3. The zero-order valence-corrected chi connectivity index (χ0v) is 19.8. The second kappa shape index (κ2) is 13.5. The van der Waals surface area contributed by atoms with E-state index in [1.165, 1.54) is 5.56 Å². The van der Waals surface area contributed by atoms with Crippen molar-refractivity contribution >= 4 is 47.2 Å². The van der Waals surface area contributed by atoms with Crippen molar-refractivity contribution < 1.29 is 4.79 Å². The third-order valence-electron chi connectivity index (χ3n) is 3.87. The molecule has 3 N–H and O–H groups in total. The first-order chi connectivity index (χ1) is 13.1. The number of nitrogens with one attached hydrogen (secondary N) is 3. The first-order valence-corrected chi connectivity index (χ1v) is 10.2. The lowest BCUT2D eigenvalue weighted by Gasteiger charge is -2.10. The summed E-state index contributed by atoms with van der Waals surface area (Å²) in [5.41, 5.74) is 2.32. The van der Waals surface area contributed by atoms with Crippen LogP contribution in [0.15, 0.2) is 40.7 Å². The van der Waals surface area contributed by atoms with Crippen LogP contribution in [-0.4, -0.2) is 36.5 Å². The number of guanidine groups is 1. The summed E-state index contributed by atoms with van der Waals surface area (Å²) in [6.07, 6.45) is 0.816. The Bertz CT molecular complexity index is 733. The molecule has 0 fully saturated rings. The van der Waals surface area contributed by atoms with Crippen LogP contribution in [0.1, 0.15) is 43.0 Å². The number of nitrogens with zero attached hydrogens (tertiary/aromatic N) is 2. The van der Waals surface area contributed by atoms with Crippen LogP contribution >= 0.6 is 35.3 Å². The molecular weight excluding hydrogens is 485 g/mol. The van der Waals surface area contributed by atoms with Crippen LogP contribution in [0.5, 0.6) is 0 Å². The topological polar surface area (TPSA) is 78.4 Å². The molecule has 8 heteroatoms. The number of carbonyl (C=O) groups is 1. The molecule has 0 saturated carbocycles. The minimum Gasteiger partial charge on any atom is -0.357 e. The van der Waals surface area contributed by atoms with Gasteiger partial charge in [0.1, 0.15) is 11.6 Å². The van der Waals surface area contributed by atoms with Gasteiger partial charge in [-0.25, -0.2) is 9.98 Å². The second-order valence-electron chi connectivity index (χ2n) is 6.46. The predicted molar refractivity (Wildman–Crippen MR) is 128 cm³/mol. The zero-order valence-electron chi connectivity index (χ0n) is 16.7. The van der Waals surface area contributed by atoms with Crippen molar-refractivity contribution in [2.45, 2.75) is 39.7 Å². The minimum atomic E-state index is -0.0838. The van der Waals surface area contributed by atoms with E-state index in [0.717, 1.165) is 23.7 Å². The molecular formula is C20H30IN5OS. The summed E-state index contributed by atoms with van der Waals surface area (Å²) in [7, 11) is 0. The Balaban J connectivity index is 0.00000392. The van der Waals surface area contributed by atoms with Crippen molar-refractivity contribution in [1.29, 1.82) is 0 Å². The molecule has 0 atom stereocenters. The third kappa shape index (κ3) is 9.01. The van der Waals surface area contributed by atoms with Gasteiger partial charge in [-0.3, -0.25) is 4.79 Å². The lowest BCUT2D eigenvalue weighted by atomic mass is 10.1. The van der Waals surface area contributed by atoms with Crippen molar-refractivity contribution in [2.24, 2.45) is 4.99 Å². The molecule has 154 valence electrons. The molecule has 0 saturated heterocycles. The molecule has 1 heterocycles. The molecule has 2 rings (SSSR count). The van der Waals surface area contributed by atoms with E-state index in [4.69, 9.17) is 0 Å².